The minimum Gasteiger partial charge on any atom is -0.495 e. The maximum atomic E-state index is 12.6. The first kappa shape index (κ1) is 18.7. The first-order valence-electron chi connectivity index (χ1n) is 7.42. The van der Waals surface area contributed by atoms with Gasteiger partial charge >= 0.3 is 10.1 Å². The summed E-state index contributed by atoms with van der Waals surface area (Å²) in [5.74, 6) is 0.00834. The third-order valence-corrected chi connectivity index (χ3v) is 4.82. The molecule has 134 valence electrons. The Hall–Kier alpha value is -2.61. The minimum atomic E-state index is -4.21. The van der Waals surface area contributed by atoms with Gasteiger partial charge in [-0.1, -0.05) is 32.9 Å². The smallest absolute Gasteiger partial charge is 0.342 e. The zero-order valence-corrected chi connectivity index (χ0v) is 15.2. The van der Waals surface area contributed by atoms with Gasteiger partial charge < -0.3 is 8.92 Å². The number of ether oxygens (including phenoxy) is 1. The molecule has 0 aliphatic carbocycles. The van der Waals surface area contributed by atoms with E-state index in [0.29, 0.717) is 0 Å². The first-order chi connectivity index (χ1) is 11.5. The van der Waals surface area contributed by atoms with E-state index in [4.69, 9.17) is 8.92 Å². The highest BCUT2D eigenvalue weighted by Gasteiger charge is 2.25. The number of nitro groups is 1. The molecule has 0 heterocycles. The molecule has 0 atom stereocenters. The molecule has 0 aliphatic heterocycles. The molecular formula is C17H19NO6S. The Morgan fingerprint density at radius 3 is 2.32 bits per heavy atom. The zero-order valence-electron chi connectivity index (χ0n) is 14.3. The van der Waals surface area contributed by atoms with Crippen LogP contribution in [0.3, 0.4) is 0 Å². The van der Waals surface area contributed by atoms with Crippen LogP contribution in [-0.4, -0.2) is 20.5 Å². The van der Waals surface area contributed by atoms with E-state index in [1.54, 1.807) is 12.1 Å². The van der Waals surface area contributed by atoms with E-state index in [-0.39, 0.29) is 27.5 Å². The highest BCUT2D eigenvalue weighted by molar-refractivity contribution is 7.87. The van der Waals surface area contributed by atoms with Crippen molar-refractivity contribution in [1.29, 1.82) is 0 Å². The molecule has 0 bridgehead atoms. The fraction of sp³-hybridized carbons (Fsp3) is 0.294. The van der Waals surface area contributed by atoms with Crippen molar-refractivity contribution in [1.82, 2.24) is 0 Å². The highest BCUT2D eigenvalue weighted by Crippen LogP contribution is 2.32. The van der Waals surface area contributed by atoms with Crippen LogP contribution in [0.25, 0.3) is 0 Å². The van der Waals surface area contributed by atoms with Crippen molar-refractivity contribution in [2.24, 2.45) is 0 Å². The first-order valence-corrected chi connectivity index (χ1v) is 8.83. The summed E-state index contributed by atoms with van der Waals surface area (Å²) >= 11 is 0. The van der Waals surface area contributed by atoms with Gasteiger partial charge in [-0.25, -0.2) is 0 Å². The Bertz CT molecular complexity index is 900. The number of nitrogens with zero attached hydrogens (tertiary/aromatic N) is 1. The summed E-state index contributed by atoms with van der Waals surface area (Å²) in [6, 6.07) is 10.00. The van der Waals surface area contributed by atoms with Crippen molar-refractivity contribution in [3.63, 3.8) is 0 Å². The molecule has 7 nitrogen and oxygen atoms in total. The molecule has 0 spiro atoms. The standard InChI is InChI=1S/C17H19NO6S/c1-17(2,3)12-6-5-7-14(10-12)24-25(21,22)16-9-8-13(18(19)20)11-15(16)23-4/h5-11H,1-4H3. The van der Waals surface area contributed by atoms with Gasteiger partial charge in [-0.2, -0.15) is 8.42 Å². The molecule has 0 unspecified atom stereocenters. The Labute approximate surface area is 146 Å². The fourth-order valence-corrected chi connectivity index (χ4v) is 3.23. The number of rotatable bonds is 5. The predicted molar refractivity (Wildman–Crippen MR) is 92.6 cm³/mol. The molecule has 8 heteroatoms. The van der Waals surface area contributed by atoms with E-state index in [2.05, 4.69) is 0 Å². The van der Waals surface area contributed by atoms with Gasteiger partial charge in [0.2, 0.25) is 0 Å². The maximum absolute atomic E-state index is 12.6. The van der Waals surface area contributed by atoms with Gasteiger partial charge in [0.1, 0.15) is 16.4 Å². The Morgan fingerprint density at radius 1 is 1.08 bits per heavy atom. The summed E-state index contributed by atoms with van der Waals surface area (Å²) in [5, 5.41) is 10.8. The average molecular weight is 365 g/mol. The van der Waals surface area contributed by atoms with Crippen LogP contribution in [0.4, 0.5) is 5.69 Å². The predicted octanol–water partition coefficient (Wildman–Crippen LogP) is 3.67. The van der Waals surface area contributed by atoms with Crippen LogP contribution in [0.2, 0.25) is 0 Å². The van der Waals surface area contributed by atoms with Crippen LogP contribution >= 0.6 is 0 Å². The molecule has 0 saturated carbocycles. The van der Waals surface area contributed by atoms with Crippen molar-refractivity contribution in [2.45, 2.75) is 31.1 Å². The maximum Gasteiger partial charge on any atom is 0.342 e. The van der Waals surface area contributed by atoms with Crippen molar-refractivity contribution in [3.05, 3.63) is 58.1 Å². The second-order valence-corrected chi connectivity index (χ2v) is 7.92. The molecule has 2 aromatic carbocycles. The molecule has 25 heavy (non-hydrogen) atoms. The number of hydrogen-bond acceptors (Lipinski definition) is 6. The second-order valence-electron chi connectivity index (χ2n) is 6.41. The van der Waals surface area contributed by atoms with Gasteiger partial charge in [0.05, 0.1) is 18.1 Å². The summed E-state index contributed by atoms with van der Waals surface area (Å²) in [6.07, 6.45) is 0. The molecular weight excluding hydrogens is 346 g/mol. The minimum absolute atomic E-state index is 0.152. The lowest BCUT2D eigenvalue weighted by Crippen LogP contribution is -2.14. The van der Waals surface area contributed by atoms with E-state index in [1.165, 1.54) is 13.2 Å². The zero-order chi connectivity index (χ0) is 18.8. The van der Waals surface area contributed by atoms with Crippen molar-refractivity contribution >= 4 is 15.8 Å². The lowest BCUT2D eigenvalue weighted by Gasteiger charge is -2.19. The van der Waals surface area contributed by atoms with Crippen LogP contribution in [0.1, 0.15) is 26.3 Å². The third kappa shape index (κ3) is 4.27. The summed E-state index contributed by atoms with van der Waals surface area (Å²) in [6.45, 7) is 6.00. The number of hydrogen-bond donors (Lipinski definition) is 0. The van der Waals surface area contributed by atoms with E-state index in [0.717, 1.165) is 23.8 Å². The SMILES string of the molecule is COc1cc([N+](=O)[O-])ccc1S(=O)(=O)Oc1cccc(C(C)(C)C)c1. The Balaban J connectivity index is 2.42. The molecule has 0 fully saturated rings. The number of methoxy groups -OCH3 is 1. The fourth-order valence-electron chi connectivity index (χ4n) is 2.16. The topological polar surface area (TPSA) is 95.7 Å². The van der Waals surface area contributed by atoms with Crippen LogP contribution in [0.5, 0.6) is 11.5 Å². The van der Waals surface area contributed by atoms with Gasteiger partial charge in [0.15, 0.2) is 0 Å². The highest BCUT2D eigenvalue weighted by atomic mass is 32.2. The number of benzene rings is 2. The van der Waals surface area contributed by atoms with Crippen LogP contribution in [0, 0.1) is 10.1 Å². The largest absolute Gasteiger partial charge is 0.495 e. The van der Waals surface area contributed by atoms with Gasteiger partial charge in [-0.3, -0.25) is 10.1 Å². The van der Waals surface area contributed by atoms with E-state index < -0.39 is 15.0 Å². The lowest BCUT2D eigenvalue weighted by atomic mass is 9.87. The quantitative estimate of drug-likeness (QED) is 0.456. The molecule has 2 aromatic rings. The molecule has 0 aromatic heterocycles. The Kier molecular flexibility index (Phi) is 5.03. The summed E-state index contributed by atoms with van der Waals surface area (Å²) in [4.78, 5) is 9.91. The molecule has 0 N–H and O–H groups in total. The molecule has 0 radical (unpaired) electrons. The van der Waals surface area contributed by atoms with E-state index in [9.17, 15) is 18.5 Å². The van der Waals surface area contributed by atoms with Gasteiger partial charge in [0.25, 0.3) is 5.69 Å². The van der Waals surface area contributed by atoms with Crippen molar-refractivity contribution in [2.75, 3.05) is 7.11 Å². The number of non-ortho nitro benzene ring substituents is 1. The normalized spacial score (nSPS) is 11.8. The monoisotopic (exact) mass is 365 g/mol. The van der Waals surface area contributed by atoms with Gasteiger partial charge in [-0.05, 0) is 29.2 Å². The van der Waals surface area contributed by atoms with E-state index in [1.807, 2.05) is 26.8 Å². The van der Waals surface area contributed by atoms with Crippen LogP contribution < -0.4 is 8.92 Å². The summed E-state index contributed by atoms with van der Waals surface area (Å²) in [7, 11) is -2.97. The third-order valence-electron chi connectivity index (χ3n) is 3.53. The van der Waals surface area contributed by atoms with Crippen molar-refractivity contribution in [3.8, 4) is 11.5 Å². The molecule has 0 saturated heterocycles. The van der Waals surface area contributed by atoms with Crippen molar-refractivity contribution < 1.29 is 22.3 Å². The molecule has 0 aliphatic rings. The van der Waals surface area contributed by atoms with Gasteiger partial charge in [0, 0.05) is 6.07 Å². The summed E-state index contributed by atoms with van der Waals surface area (Å²) in [5.41, 5.74) is 0.468. The van der Waals surface area contributed by atoms with Gasteiger partial charge in [-0.15, -0.1) is 0 Å². The second kappa shape index (κ2) is 6.72. The lowest BCUT2D eigenvalue weighted by molar-refractivity contribution is -0.385. The number of nitro benzene ring substituents is 1. The van der Waals surface area contributed by atoms with Crippen LogP contribution in [-0.2, 0) is 15.5 Å². The Morgan fingerprint density at radius 2 is 1.76 bits per heavy atom. The average Bonchev–Trinajstić information content (AvgIpc) is 2.53. The summed E-state index contributed by atoms with van der Waals surface area (Å²) < 4.78 is 35.3. The van der Waals surface area contributed by atoms with Crippen LogP contribution in [0.15, 0.2) is 47.4 Å². The molecule has 2 rings (SSSR count). The van der Waals surface area contributed by atoms with E-state index >= 15 is 0 Å². The molecule has 0 amide bonds.